The number of rotatable bonds is 4. The Hall–Kier alpha value is -2.49. The van der Waals surface area contributed by atoms with Crippen molar-refractivity contribution in [3.8, 4) is 11.3 Å². The second-order valence-electron chi connectivity index (χ2n) is 6.21. The maximum absolute atomic E-state index is 6.24. The van der Waals surface area contributed by atoms with Crippen LogP contribution in [0.25, 0.3) is 22.0 Å². The molecule has 5 heteroatoms. The summed E-state index contributed by atoms with van der Waals surface area (Å²) < 4.78 is 1.98. The smallest absolute Gasteiger partial charge is 0.203 e. The van der Waals surface area contributed by atoms with Crippen molar-refractivity contribution in [2.24, 2.45) is 7.05 Å². The Morgan fingerprint density at radius 3 is 2.58 bits per heavy atom. The summed E-state index contributed by atoms with van der Waals surface area (Å²) in [5.74, 6) is 0.791. The Kier molecular flexibility index (Phi) is 4.58. The van der Waals surface area contributed by atoms with Crippen molar-refractivity contribution in [1.82, 2.24) is 9.55 Å². The molecule has 0 saturated heterocycles. The quantitative estimate of drug-likeness (QED) is 0.458. The van der Waals surface area contributed by atoms with Gasteiger partial charge in [0, 0.05) is 35.4 Å². The van der Waals surface area contributed by atoms with Crippen molar-refractivity contribution in [3.05, 3.63) is 82.5 Å². The summed E-state index contributed by atoms with van der Waals surface area (Å²) in [5.41, 5.74) is 3.01. The minimum atomic E-state index is 0.581. The molecule has 0 fully saturated rings. The third-order valence-electron chi connectivity index (χ3n) is 4.37. The summed E-state index contributed by atoms with van der Waals surface area (Å²) in [6, 6.07) is 20.2. The minimum absolute atomic E-state index is 0.581. The first-order chi connectivity index (χ1) is 12.6. The fourth-order valence-electron chi connectivity index (χ4n) is 2.96. The molecule has 4 rings (SSSR count). The van der Waals surface area contributed by atoms with Gasteiger partial charge >= 0.3 is 0 Å². The molecule has 1 aromatic heterocycles. The zero-order chi connectivity index (χ0) is 18.1. The van der Waals surface area contributed by atoms with E-state index in [1.165, 1.54) is 10.8 Å². The molecule has 0 aliphatic heterocycles. The molecule has 0 amide bonds. The van der Waals surface area contributed by atoms with E-state index >= 15 is 0 Å². The SMILES string of the molecule is Cn1cc(-c2ccc3ccccc3c2)nc1NCc1ccc(Cl)cc1Cl. The lowest BCUT2D eigenvalue weighted by atomic mass is 10.1. The van der Waals surface area contributed by atoms with Gasteiger partial charge in [0.05, 0.1) is 5.69 Å². The van der Waals surface area contributed by atoms with E-state index < -0.39 is 0 Å². The van der Waals surface area contributed by atoms with E-state index in [-0.39, 0.29) is 0 Å². The van der Waals surface area contributed by atoms with E-state index in [1.54, 1.807) is 6.07 Å². The summed E-state index contributed by atoms with van der Waals surface area (Å²) in [4.78, 5) is 4.73. The molecule has 0 aliphatic carbocycles. The number of benzene rings is 3. The van der Waals surface area contributed by atoms with Gasteiger partial charge in [0.2, 0.25) is 5.95 Å². The van der Waals surface area contributed by atoms with Gasteiger partial charge in [-0.25, -0.2) is 4.98 Å². The van der Waals surface area contributed by atoms with E-state index in [0.29, 0.717) is 16.6 Å². The highest BCUT2D eigenvalue weighted by molar-refractivity contribution is 6.35. The minimum Gasteiger partial charge on any atom is -0.352 e. The summed E-state index contributed by atoms with van der Waals surface area (Å²) in [6.45, 7) is 0.581. The summed E-state index contributed by atoms with van der Waals surface area (Å²) in [7, 11) is 1.98. The van der Waals surface area contributed by atoms with Crippen molar-refractivity contribution in [3.63, 3.8) is 0 Å². The van der Waals surface area contributed by atoms with Crippen molar-refractivity contribution in [1.29, 1.82) is 0 Å². The number of nitrogens with one attached hydrogen (secondary N) is 1. The average Bonchev–Trinajstić information content (AvgIpc) is 3.01. The van der Waals surface area contributed by atoms with Crippen LogP contribution in [0.3, 0.4) is 0 Å². The maximum atomic E-state index is 6.24. The molecule has 1 N–H and O–H groups in total. The van der Waals surface area contributed by atoms with Gasteiger partial charge in [0.25, 0.3) is 0 Å². The monoisotopic (exact) mass is 381 g/mol. The maximum Gasteiger partial charge on any atom is 0.203 e. The molecule has 0 aliphatic rings. The molecule has 26 heavy (non-hydrogen) atoms. The first-order valence-electron chi connectivity index (χ1n) is 8.30. The highest BCUT2D eigenvalue weighted by Gasteiger charge is 2.09. The largest absolute Gasteiger partial charge is 0.352 e. The Morgan fingerprint density at radius 1 is 0.962 bits per heavy atom. The van der Waals surface area contributed by atoms with Crippen LogP contribution >= 0.6 is 23.2 Å². The molecule has 3 aromatic carbocycles. The number of hydrogen-bond acceptors (Lipinski definition) is 2. The van der Waals surface area contributed by atoms with Crippen molar-refractivity contribution >= 4 is 39.9 Å². The number of anilines is 1. The van der Waals surface area contributed by atoms with Crippen LogP contribution in [0.15, 0.2) is 66.9 Å². The molecule has 3 nitrogen and oxygen atoms in total. The Labute approximate surface area is 162 Å². The number of aryl methyl sites for hydroxylation is 1. The second kappa shape index (κ2) is 7.02. The number of nitrogens with zero attached hydrogens (tertiary/aromatic N) is 2. The van der Waals surface area contributed by atoms with Gasteiger partial charge in [-0.2, -0.15) is 0 Å². The fraction of sp³-hybridized carbons (Fsp3) is 0.0952. The zero-order valence-corrected chi connectivity index (χ0v) is 15.7. The van der Waals surface area contributed by atoms with Crippen molar-refractivity contribution in [2.75, 3.05) is 5.32 Å². The predicted octanol–water partition coefficient (Wildman–Crippen LogP) is 6.16. The van der Waals surface area contributed by atoms with Gasteiger partial charge in [-0.3, -0.25) is 0 Å². The fourth-order valence-corrected chi connectivity index (χ4v) is 3.43. The lowest BCUT2D eigenvalue weighted by Crippen LogP contribution is -2.05. The number of fused-ring (bicyclic) bond motifs is 1. The molecule has 0 radical (unpaired) electrons. The lowest BCUT2D eigenvalue weighted by molar-refractivity contribution is 0.900. The number of aromatic nitrogens is 2. The average molecular weight is 382 g/mol. The van der Waals surface area contributed by atoms with E-state index in [4.69, 9.17) is 28.2 Å². The zero-order valence-electron chi connectivity index (χ0n) is 14.2. The molecule has 1 heterocycles. The molecule has 0 bridgehead atoms. The van der Waals surface area contributed by atoms with Crippen LogP contribution in [-0.4, -0.2) is 9.55 Å². The normalized spacial score (nSPS) is 11.0. The first kappa shape index (κ1) is 17.0. The first-order valence-corrected chi connectivity index (χ1v) is 9.06. The van der Waals surface area contributed by atoms with E-state index in [2.05, 4.69) is 35.6 Å². The van der Waals surface area contributed by atoms with Gasteiger partial charge in [-0.05, 0) is 34.5 Å². The van der Waals surface area contributed by atoms with E-state index in [9.17, 15) is 0 Å². The molecule has 0 saturated carbocycles. The van der Waals surface area contributed by atoms with Crippen LogP contribution in [0.2, 0.25) is 10.0 Å². The van der Waals surface area contributed by atoms with Crippen LogP contribution in [0.4, 0.5) is 5.95 Å². The van der Waals surface area contributed by atoms with Crippen molar-refractivity contribution < 1.29 is 0 Å². The van der Waals surface area contributed by atoms with Crippen LogP contribution in [0, 0.1) is 0 Å². The van der Waals surface area contributed by atoms with Crippen LogP contribution in [-0.2, 0) is 13.6 Å². The Bertz CT molecular complexity index is 1090. The Morgan fingerprint density at radius 2 is 1.77 bits per heavy atom. The van der Waals surface area contributed by atoms with Crippen molar-refractivity contribution in [2.45, 2.75) is 6.54 Å². The molecule has 0 unspecified atom stereocenters. The van der Waals surface area contributed by atoms with Gasteiger partial charge in [-0.15, -0.1) is 0 Å². The van der Waals surface area contributed by atoms with Gasteiger partial charge < -0.3 is 9.88 Å². The number of hydrogen-bond donors (Lipinski definition) is 1. The molecule has 0 spiro atoms. The molecule has 4 aromatic rings. The van der Waals surface area contributed by atoms with E-state index in [1.807, 2.05) is 42.1 Å². The lowest BCUT2D eigenvalue weighted by Gasteiger charge is -2.07. The second-order valence-corrected chi connectivity index (χ2v) is 7.06. The molecular weight excluding hydrogens is 365 g/mol. The third-order valence-corrected chi connectivity index (χ3v) is 4.96. The highest BCUT2D eigenvalue weighted by Crippen LogP contribution is 2.26. The summed E-state index contributed by atoms with van der Waals surface area (Å²) in [5, 5.41) is 7.05. The Balaban J connectivity index is 1.58. The number of imidazole rings is 1. The topological polar surface area (TPSA) is 29.9 Å². The van der Waals surface area contributed by atoms with Crippen LogP contribution in [0.5, 0.6) is 0 Å². The standard InChI is InChI=1S/C21H17Cl2N3/c1-26-13-20(16-7-6-14-4-2-3-5-15(14)10-16)25-21(26)24-12-17-8-9-18(22)11-19(17)23/h2-11,13H,12H2,1H3,(H,24,25). The van der Waals surface area contributed by atoms with Gasteiger partial charge in [-0.1, -0.05) is 65.7 Å². The highest BCUT2D eigenvalue weighted by atomic mass is 35.5. The van der Waals surface area contributed by atoms with Crippen LogP contribution < -0.4 is 5.32 Å². The predicted molar refractivity (Wildman–Crippen MR) is 110 cm³/mol. The van der Waals surface area contributed by atoms with E-state index in [0.717, 1.165) is 22.8 Å². The van der Waals surface area contributed by atoms with Gasteiger partial charge in [0.1, 0.15) is 0 Å². The third kappa shape index (κ3) is 3.41. The molecule has 0 atom stereocenters. The van der Waals surface area contributed by atoms with Gasteiger partial charge in [0.15, 0.2) is 0 Å². The summed E-state index contributed by atoms with van der Waals surface area (Å²) >= 11 is 12.2. The molecular formula is C21H17Cl2N3. The number of halogens is 2. The summed E-state index contributed by atoms with van der Waals surface area (Å²) in [6.07, 6.45) is 2.02. The molecule has 130 valence electrons. The van der Waals surface area contributed by atoms with Crippen LogP contribution in [0.1, 0.15) is 5.56 Å².